The number of carboxylic acids is 1. The molecule has 0 saturated carbocycles. The molecule has 0 unspecified atom stereocenters. The summed E-state index contributed by atoms with van der Waals surface area (Å²) in [6, 6.07) is 12.5. The van der Waals surface area contributed by atoms with Gasteiger partial charge >= 0.3 is 12.1 Å². The molecule has 0 spiro atoms. The molecule has 0 aliphatic carbocycles. The number of hydrogen-bond acceptors (Lipinski definition) is 2. The fraction of sp³-hybridized carbons (Fsp3) is 0.316. The maximum atomic E-state index is 13.2. The smallest absolute Gasteiger partial charge is 0.404 e. The summed E-state index contributed by atoms with van der Waals surface area (Å²) in [5, 5.41) is 9.22. The molecular formula is C19H18F3NO2. The summed E-state index contributed by atoms with van der Waals surface area (Å²) in [6.07, 6.45) is -3.69. The fourth-order valence-electron chi connectivity index (χ4n) is 3.36. The van der Waals surface area contributed by atoms with Crippen LogP contribution in [0.5, 0.6) is 0 Å². The SMILES string of the molecule is O=C(O)c1ccc(-c2ccccc2)c(CN2CCC[C@H]2C(F)(F)F)c1. The molecule has 1 fully saturated rings. The van der Waals surface area contributed by atoms with Crippen LogP contribution in [-0.4, -0.2) is 34.7 Å². The van der Waals surface area contributed by atoms with Crippen molar-refractivity contribution >= 4 is 5.97 Å². The summed E-state index contributed by atoms with van der Waals surface area (Å²) in [6.45, 7) is 0.436. The van der Waals surface area contributed by atoms with E-state index < -0.39 is 18.2 Å². The number of hydrogen-bond donors (Lipinski definition) is 1. The molecule has 0 amide bonds. The predicted molar refractivity (Wildman–Crippen MR) is 88.3 cm³/mol. The average Bonchev–Trinajstić information content (AvgIpc) is 3.04. The van der Waals surface area contributed by atoms with E-state index in [4.69, 9.17) is 0 Å². The van der Waals surface area contributed by atoms with E-state index in [1.807, 2.05) is 30.3 Å². The van der Waals surface area contributed by atoms with Gasteiger partial charge in [0.05, 0.1) is 5.56 Å². The molecule has 0 aromatic heterocycles. The summed E-state index contributed by atoms with van der Waals surface area (Å²) in [4.78, 5) is 12.7. The van der Waals surface area contributed by atoms with Gasteiger partial charge in [-0.25, -0.2) is 4.79 Å². The van der Waals surface area contributed by atoms with Crippen LogP contribution in [0.1, 0.15) is 28.8 Å². The molecule has 0 bridgehead atoms. The first-order valence-electron chi connectivity index (χ1n) is 8.08. The zero-order chi connectivity index (χ0) is 18.0. The molecule has 6 heteroatoms. The molecule has 1 saturated heterocycles. The number of rotatable bonds is 4. The van der Waals surface area contributed by atoms with E-state index in [1.165, 1.54) is 17.0 Å². The third kappa shape index (κ3) is 3.85. The van der Waals surface area contributed by atoms with Gasteiger partial charge in [-0.05, 0) is 48.2 Å². The van der Waals surface area contributed by atoms with Gasteiger partial charge in [0.2, 0.25) is 0 Å². The van der Waals surface area contributed by atoms with Crippen molar-refractivity contribution in [2.45, 2.75) is 31.6 Å². The number of likely N-dealkylation sites (tertiary alicyclic amines) is 1. The van der Waals surface area contributed by atoms with Gasteiger partial charge < -0.3 is 5.11 Å². The minimum absolute atomic E-state index is 0.0789. The van der Waals surface area contributed by atoms with Crippen LogP contribution in [0.4, 0.5) is 13.2 Å². The highest BCUT2D eigenvalue weighted by Gasteiger charge is 2.45. The average molecular weight is 349 g/mol. The zero-order valence-corrected chi connectivity index (χ0v) is 13.5. The molecule has 1 aliphatic heterocycles. The van der Waals surface area contributed by atoms with Crippen molar-refractivity contribution in [3.8, 4) is 11.1 Å². The van der Waals surface area contributed by atoms with E-state index in [1.54, 1.807) is 6.07 Å². The Kier molecular flexibility index (Phi) is 4.81. The second kappa shape index (κ2) is 6.88. The maximum absolute atomic E-state index is 13.2. The number of carbonyl (C=O) groups is 1. The maximum Gasteiger partial charge on any atom is 0.404 e. The number of halogens is 3. The van der Waals surface area contributed by atoms with Crippen LogP contribution in [-0.2, 0) is 6.54 Å². The van der Waals surface area contributed by atoms with Crippen molar-refractivity contribution in [3.05, 3.63) is 59.7 Å². The van der Waals surface area contributed by atoms with Gasteiger partial charge in [-0.2, -0.15) is 13.2 Å². The van der Waals surface area contributed by atoms with Gasteiger partial charge in [0.15, 0.2) is 0 Å². The standard InChI is InChI=1S/C19H18F3NO2/c20-19(21,22)17-7-4-10-23(17)12-15-11-14(18(24)25)8-9-16(15)13-5-2-1-3-6-13/h1-3,5-6,8-9,11,17H,4,7,10,12H2,(H,24,25)/t17-/m0/s1. The summed E-state index contributed by atoms with van der Waals surface area (Å²) in [5.41, 5.74) is 2.30. The lowest BCUT2D eigenvalue weighted by molar-refractivity contribution is -0.177. The first-order chi connectivity index (χ1) is 11.9. The Morgan fingerprint density at radius 2 is 1.88 bits per heavy atom. The Labute approximate surface area is 143 Å². The van der Waals surface area contributed by atoms with Gasteiger partial charge in [-0.1, -0.05) is 36.4 Å². The Hall–Kier alpha value is -2.34. The molecule has 1 N–H and O–H groups in total. The molecular weight excluding hydrogens is 331 g/mol. The highest BCUT2D eigenvalue weighted by atomic mass is 19.4. The van der Waals surface area contributed by atoms with E-state index in [0.29, 0.717) is 18.5 Å². The summed E-state index contributed by atoms with van der Waals surface area (Å²) in [7, 11) is 0. The molecule has 0 radical (unpaired) electrons. The highest BCUT2D eigenvalue weighted by molar-refractivity contribution is 5.89. The zero-order valence-electron chi connectivity index (χ0n) is 13.5. The van der Waals surface area contributed by atoms with Crippen LogP contribution in [0.25, 0.3) is 11.1 Å². The Morgan fingerprint density at radius 1 is 1.16 bits per heavy atom. The summed E-state index contributed by atoms with van der Waals surface area (Å²) in [5.74, 6) is -1.09. The number of aromatic carboxylic acids is 1. The van der Waals surface area contributed by atoms with Gasteiger partial charge in [0.1, 0.15) is 6.04 Å². The summed E-state index contributed by atoms with van der Waals surface area (Å²) >= 11 is 0. The Morgan fingerprint density at radius 3 is 2.52 bits per heavy atom. The molecule has 1 atom stereocenters. The van der Waals surface area contributed by atoms with Crippen molar-refractivity contribution in [1.29, 1.82) is 0 Å². The lowest BCUT2D eigenvalue weighted by atomic mass is 9.97. The third-order valence-corrected chi connectivity index (χ3v) is 4.55. The van der Waals surface area contributed by atoms with Crippen molar-refractivity contribution in [1.82, 2.24) is 4.90 Å². The van der Waals surface area contributed by atoms with Gasteiger partial charge in [-0.3, -0.25) is 4.90 Å². The van der Waals surface area contributed by atoms with Gasteiger partial charge in [-0.15, -0.1) is 0 Å². The van der Waals surface area contributed by atoms with Crippen LogP contribution >= 0.6 is 0 Å². The molecule has 2 aromatic rings. The number of alkyl halides is 3. The second-order valence-corrected chi connectivity index (χ2v) is 6.21. The Balaban J connectivity index is 1.98. The van der Waals surface area contributed by atoms with Crippen LogP contribution in [0.15, 0.2) is 48.5 Å². The number of benzene rings is 2. The monoisotopic (exact) mass is 349 g/mol. The topological polar surface area (TPSA) is 40.5 Å². The van der Waals surface area contributed by atoms with E-state index in [0.717, 1.165) is 11.1 Å². The van der Waals surface area contributed by atoms with Crippen LogP contribution in [0.3, 0.4) is 0 Å². The van der Waals surface area contributed by atoms with Crippen molar-refractivity contribution in [3.63, 3.8) is 0 Å². The van der Waals surface area contributed by atoms with Crippen LogP contribution < -0.4 is 0 Å². The lowest BCUT2D eigenvalue weighted by Gasteiger charge is -2.27. The second-order valence-electron chi connectivity index (χ2n) is 6.21. The van der Waals surface area contributed by atoms with Gasteiger partial charge in [0.25, 0.3) is 0 Å². The molecule has 1 heterocycles. The molecule has 132 valence electrons. The quantitative estimate of drug-likeness (QED) is 0.878. The fourth-order valence-corrected chi connectivity index (χ4v) is 3.36. The van der Waals surface area contributed by atoms with Crippen molar-refractivity contribution in [2.24, 2.45) is 0 Å². The molecule has 1 aliphatic rings. The molecule has 25 heavy (non-hydrogen) atoms. The number of carboxylic acid groups (broad SMARTS) is 1. The minimum atomic E-state index is -4.27. The predicted octanol–water partition coefficient (Wildman–Crippen LogP) is 4.58. The minimum Gasteiger partial charge on any atom is -0.478 e. The molecule has 2 aromatic carbocycles. The van der Waals surface area contributed by atoms with Crippen molar-refractivity contribution < 1.29 is 23.1 Å². The van der Waals surface area contributed by atoms with E-state index >= 15 is 0 Å². The van der Waals surface area contributed by atoms with Crippen molar-refractivity contribution in [2.75, 3.05) is 6.54 Å². The Bertz CT molecular complexity index is 759. The van der Waals surface area contributed by atoms with Gasteiger partial charge in [0, 0.05) is 6.54 Å². The first-order valence-corrected chi connectivity index (χ1v) is 8.08. The molecule has 3 nitrogen and oxygen atoms in total. The largest absolute Gasteiger partial charge is 0.478 e. The summed E-state index contributed by atoms with van der Waals surface area (Å²) < 4.78 is 39.6. The van der Waals surface area contributed by atoms with E-state index in [9.17, 15) is 23.1 Å². The number of nitrogens with zero attached hydrogens (tertiary/aromatic N) is 1. The van der Waals surface area contributed by atoms with Crippen LogP contribution in [0.2, 0.25) is 0 Å². The normalized spacial score (nSPS) is 18.4. The van der Waals surface area contributed by atoms with E-state index in [2.05, 4.69) is 0 Å². The molecule has 3 rings (SSSR count). The van der Waals surface area contributed by atoms with Crippen LogP contribution in [0, 0.1) is 0 Å². The lowest BCUT2D eigenvalue weighted by Crippen LogP contribution is -2.40. The third-order valence-electron chi connectivity index (χ3n) is 4.55. The highest BCUT2D eigenvalue weighted by Crippen LogP contribution is 2.35. The van der Waals surface area contributed by atoms with E-state index in [-0.39, 0.29) is 18.5 Å². The first kappa shape index (κ1) is 17.5.